The van der Waals surface area contributed by atoms with E-state index >= 15 is 0 Å². The third-order valence-electron chi connectivity index (χ3n) is 4.94. The van der Waals surface area contributed by atoms with Gasteiger partial charge in [-0.25, -0.2) is 5.06 Å². The van der Waals surface area contributed by atoms with Crippen LogP contribution in [-0.2, 0) is 4.79 Å². The lowest BCUT2D eigenvalue weighted by atomic mass is 10.1. The molecule has 1 fully saturated rings. The fraction of sp³-hybridized carbons (Fsp3) is 0.263. The van der Waals surface area contributed by atoms with Crippen LogP contribution < -0.4 is 9.96 Å². The van der Waals surface area contributed by atoms with Crippen LogP contribution in [0.2, 0.25) is 0 Å². The number of benzene rings is 2. The topological polar surface area (TPSA) is 73.1 Å². The number of fused-ring (bicyclic) bond motifs is 2. The lowest BCUT2D eigenvalue weighted by Crippen LogP contribution is -2.48. The molecule has 0 atom stereocenters. The molecule has 2 aliphatic heterocycles. The highest BCUT2D eigenvalue weighted by molar-refractivity contribution is 5.92. The van der Waals surface area contributed by atoms with Crippen molar-refractivity contribution < 1.29 is 14.7 Å². The van der Waals surface area contributed by atoms with Gasteiger partial charge in [0.2, 0.25) is 11.6 Å². The average Bonchev–Trinajstić information content (AvgIpc) is 2.77. The average molecular weight is 352 g/mol. The quantitative estimate of drug-likeness (QED) is 0.630. The number of rotatable bonds is 1. The third kappa shape index (κ3) is 2.76. The van der Waals surface area contributed by atoms with E-state index in [2.05, 4.69) is 4.90 Å². The number of carbonyl (C=O) groups is 1. The van der Waals surface area contributed by atoms with Crippen LogP contribution >= 0.6 is 0 Å². The fourth-order valence-corrected chi connectivity index (χ4v) is 3.46. The summed E-state index contributed by atoms with van der Waals surface area (Å²) >= 11 is 0. The van der Waals surface area contributed by atoms with Gasteiger partial charge in [0.05, 0.1) is 11.3 Å². The standard InChI is InChI=1S/C19H20N4O3/c1-14(24)20-8-10-21(11-9-20)16-7-6-15-13-22(25)17-4-2-3-5-18(17)23(26)19(15)12-16/h2-7,12-13,26H,8-11H2,1H3. The molecule has 0 aliphatic carbocycles. The number of para-hydroxylation sites is 2. The van der Waals surface area contributed by atoms with Gasteiger partial charge in [0.1, 0.15) is 5.69 Å². The molecular weight excluding hydrogens is 332 g/mol. The molecular formula is C19H20N4O3. The molecule has 26 heavy (non-hydrogen) atoms. The van der Waals surface area contributed by atoms with Crippen LogP contribution in [0.4, 0.5) is 22.7 Å². The van der Waals surface area contributed by atoms with Crippen molar-refractivity contribution in [2.24, 2.45) is 0 Å². The molecule has 2 aromatic rings. The Hall–Kier alpha value is -3.06. The molecule has 7 nitrogen and oxygen atoms in total. The molecule has 1 saturated heterocycles. The Morgan fingerprint density at radius 1 is 1.08 bits per heavy atom. The minimum absolute atomic E-state index is 0.0925. The maximum atomic E-state index is 12.4. The lowest BCUT2D eigenvalue weighted by Gasteiger charge is -2.36. The highest BCUT2D eigenvalue weighted by atomic mass is 16.5. The van der Waals surface area contributed by atoms with Gasteiger partial charge in [-0.1, -0.05) is 12.1 Å². The number of nitrogens with zero attached hydrogens (tertiary/aromatic N) is 4. The summed E-state index contributed by atoms with van der Waals surface area (Å²) in [5.41, 5.74) is 2.99. The van der Waals surface area contributed by atoms with Crippen LogP contribution in [0.1, 0.15) is 12.5 Å². The first-order valence-electron chi connectivity index (χ1n) is 8.58. The Bertz CT molecular complexity index is 888. The number of anilines is 3. The van der Waals surface area contributed by atoms with Crippen molar-refractivity contribution in [3.63, 3.8) is 0 Å². The monoisotopic (exact) mass is 352 g/mol. The summed E-state index contributed by atoms with van der Waals surface area (Å²) in [7, 11) is 0. The van der Waals surface area contributed by atoms with E-state index < -0.39 is 0 Å². The predicted molar refractivity (Wildman–Crippen MR) is 99.7 cm³/mol. The summed E-state index contributed by atoms with van der Waals surface area (Å²) in [6.45, 7) is 4.41. The maximum absolute atomic E-state index is 12.4. The van der Waals surface area contributed by atoms with Gasteiger partial charge in [-0.05, 0) is 24.3 Å². The van der Waals surface area contributed by atoms with Crippen LogP contribution in [-0.4, -0.2) is 53.1 Å². The first kappa shape index (κ1) is 16.4. The van der Waals surface area contributed by atoms with E-state index in [4.69, 9.17) is 0 Å². The molecule has 4 rings (SSSR count). The fourth-order valence-electron chi connectivity index (χ4n) is 3.46. The Labute approximate surface area is 151 Å². The first-order chi connectivity index (χ1) is 12.5. The van der Waals surface area contributed by atoms with Crippen molar-refractivity contribution in [2.45, 2.75) is 6.92 Å². The molecule has 0 aromatic heterocycles. The summed E-state index contributed by atoms with van der Waals surface area (Å²) in [6, 6.07) is 12.6. The summed E-state index contributed by atoms with van der Waals surface area (Å²) in [6.07, 6.45) is 1.47. The molecule has 1 amide bonds. The maximum Gasteiger partial charge on any atom is 0.242 e. The summed E-state index contributed by atoms with van der Waals surface area (Å²) in [5, 5.41) is 24.2. The van der Waals surface area contributed by atoms with E-state index in [9.17, 15) is 15.2 Å². The zero-order valence-corrected chi connectivity index (χ0v) is 14.5. The van der Waals surface area contributed by atoms with Crippen molar-refractivity contribution in [1.29, 1.82) is 0 Å². The predicted octanol–water partition coefficient (Wildman–Crippen LogP) is 2.46. The second-order valence-corrected chi connectivity index (χ2v) is 6.49. The van der Waals surface area contributed by atoms with Gasteiger partial charge in [0.25, 0.3) is 0 Å². The molecule has 0 bridgehead atoms. The van der Waals surface area contributed by atoms with Gasteiger partial charge in [-0.2, -0.15) is 4.74 Å². The van der Waals surface area contributed by atoms with Gasteiger partial charge >= 0.3 is 0 Å². The summed E-state index contributed by atoms with van der Waals surface area (Å²) < 4.78 is 0.774. The van der Waals surface area contributed by atoms with Gasteiger partial charge in [-0.15, -0.1) is 0 Å². The number of piperazine rings is 1. The molecule has 2 aromatic carbocycles. The molecule has 1 N–H and O–H groups in total. The van der Waals surface area contributed by atoms with Crippen LogP contribution in [0.3, 0.4) is 0 Å². The second-order valence-electron chi connectivity index (χ2n) is 6.49. The molecule has 0 radical (unpaired) electrons. The SMILES string of the molecule is CC(=O)N1CCN(c2ccc3c(c2)N(O)c2ccccc2[N+]([O-])=C3)CC1. The Morgan fingerprint density at radius 2 is 1.81 bits per heavy atom. The highest BCUT2D eigenvalue weighted by Gasteiger charge is 2.25. The summed E-state index contributed by atoms with van der Waals surface area (Å²) in [4.78, 5) is 15.5. The van der Waals surface area contributed by atoms with Crippen molar-refractivity contribution in [2.75, 3.05) is 36.1 Å². The van der Waals surface area contributed by atoms with Gasteiger partial charge in [-0.3, -0.25) is 10.0 Å². The van der Waals surface area contributed by atoms with Crippen LogP contribution in [0.25, 0.3) is 0 Å². The Morgan fingerprint density at radius 3 is 2.54 bits per heavy atom. The van der Waals surface area contributed by atoms with E-state index in [0.717, 1.165) is 28.6 Å². The molecule has 0 unspecified atom stereocenters. The highest BCUT2D eigenvalue weighted by Crippen LogP contribution is 2.37. The van der Waals surface area contributed by atoms with Crippen LogP contribution in [0.5, 0.6) is 0 Å². The van der Waals surface area contributed by atoms with E-state index in [1.54, 1.807) is 31.2 Å². The van der Waals surface area contributed by atoms with Crippen molar-refractivity contribution >= 4 is 34.9 Å². The van der Waals surface area contributed by atoms with E-state index in [-0.39, 0.29) is 5.91 Å². The number of hydrogen-bond donors (Lipinski definition) is 1. The van der Waals surface area contributed by atoms with Crippen molar-refractivity contribution in [1.82, 2.24) is 4.90 Å². The normalized spacial score (nSPS) is 16.5. The number of carbonyl (C=O) groups excluding carboxylic acids is 1. The molecule has 134 valence electrons. The lowest BCUT2D eigenvalue weighted by molar-refractivity contribution is -0.353. The Kier molecular flexibility index (Phi) is 4.00. The number of hydrogen-bond acceptors (Lipinski definition) is 5. The largest absolute Gasteiger partial charge is 0.618 e. The third-order valence-corrected chi connectivity index (χ3v) is 4.94. The smallest absolute Gasteiger partial charge is 0.242 e. The minimum Gasteiger partial charge on any atom is -0.618 e. The molecule has 0 saturated carbocycles. The second kappa shape index (κ2) is 6.34. The zero-order chi connectivity index (χ0) is 18.3. The number of amides is 1. The van der Waals surface area contributed by atoms with E-state index in [1.807, 2.05) is 23.1 Å². The van der Waals surface area contributed by atoms with E-state index in [0.29, 0.717) is 35.7 Å². The molecule has 2 aliphatic rings. The van der Waals surface area contributed by atoms with Gasteiger partial charge < -0.3 is 15.0 Å². The summed E-state index contributed by atoms with van der Waals surface area (Å²) in [5.74, 6) is 0.0925. The Balaban J connectivity index is 1.68. The van der Waals surface area contributed by atoms with Crippen LogP contribution in [0, 0.1) is 5.21 Å². The van der Waals surface area contributed by atoms with Crippen molar-refractivity contribution in [3.05, 3.63) is 53.2 Å². The van der Waals surface area contributed by atoms with E-state index in [1.165, 1.54) is 6.21 Å². The van der Waals surface area contributed by atoms with Gasteiger partial charge in [0.15, 0.2) is 6.21 Å². The van der Waals surface area contributed by atoms with Gasteiger partial charge in [0, 0.05) is 44.9 Å². The zero-order valence-electron chi connectivity index (χ0n) is 14.5. The van der Waals surface area contributed by atoms with Crippen molar-refractivity contribution in [3.8, 4) is 0 Å². The minimum atomic E-state index is 0.0925. The molecule has 2 heterocycles. The molecule has 0 spiro atoms. The van der Waals surface area contributed by atoms with Crippen LogP contribution in [0.15, 0.2) is 42.5 Å². The first-order valence-corrected chi connectivity index (χ1v) is 8.58. The molecule has 7 heteroatoms.